The summed E-state index contributed by atoms with van der Waals surface area (Å²) in [7, 11) is 0. The summed E-state index contributed by atoms with van der Waals surface area (Å²) in [6.07, 6.45) is 2.40. The summed E-state index contributed by atoms with van der Waals surface area (Å²) in [6, 6.07) is 7.05. The predicted molar refractivity (Wildman–Crippen MR) is 80.4 cm³/mol. The Bertz CT molecular complexity index is 516. The lowest BCUT2D eigenvalue weighted by molar-refractivity contribution is -0.120. The number of hydrogen-bond acceptors (Lipinski definition) is 3. The molecule has 1 aliphatic rings. The van der Waals surface area contributed by atoms with Crippen LogP contribution in [0.2, 0.25) is 0 Å². The number of nitrogens with zero attached hydrogens (tertiary/aromatic N) is 1. The molecule has 0 aliphatic carbocycles. The van der Waals surface area contributed by atoms with Gasteiger partial charge in [-0.2, -0.15) is 0 Å². The molecular weight excluding hydrogens is 268 g/mol. The molecule has 0 radical (unpaired) electrons. The van der Waals surface area contributed by atoms with Crippen LogP contribution < -0.4 is 5.32 Å². The number of carbonyl (C=O) groups excluding carboxylic acids is 1. The lowest BCUT2D eigenvalue weighted by atomic mass is 10.0. The first-order chi connectivity index (χ1) is 10.1. The van der Waals surface area contributed by atoms with Crippen molar-refractivity contribution in [3.05, 3.63) is 35.4 Å². The van der Waals surface area contributed by atoms with Crippen LogP contribution in [0.1, 0.15) is 35.7 Å². The predicted octanol–water partition coefficient (Wildman–Crippen LogP) is 1.53. The molecule has 2 rings (SSSR count). The number of carboxylic acids is 1. The van der Waals surface area contributed by atoms with Crippen molar-refractivity contribution in [1.29, 1.82) is 0 Å². The van der Waals surface area contributed by atoms with Gasteiger partial charge in [0.15, 0.2) is 0 Å². The van der Waals surface area contributed by atoms with Gasteiger partial charge in [-0.15, -0.1) is 0 Å². The van der Waals surface area contributed by atoms with E-state index < -0.39 is 5.97 Å². The highest BCUT2D eigenvalue weighted by Crippen LogP contribution is 2.15. The topological polar surface area (TPSA) is 69.6 Å². The van der Waals surface area contributed by atoms with Gasteiger partial charge in [0.25, 0.3) is 0 Å². The number of rotatable bonds is 6. The van der Waals surface area contributed by atoms with Crippen molar-refractivity contribution in [2.75, 3.05) is 19.6 Å². The number of likely N-dealkylation sites (N-methyl/N-ethyl adjacent to an activating group) is 1. The Hall–Kier alpha value is -1.88. The van der Waals surface area contributed by atoms with Crippen molar-refractivity contribution in [2.24, 2.45) is 0 Å². The molecule has 21 heavy (non-hydrogen) atoms. The van der Waals surface area contributed by atoms with Crippen molar-refractivity contribution in [1.82, 2.24) is 10.2 Å². The molecule has 1 aliphatic heterocycles. The van der Waals surface area contributed by atoms with Crippen LogP contribution in [0, 0.1) is 0 Å². The van der Waals surface area contributed by atoms with Crippen molar-refractivity contribution in [2.45, 2.75) is 32.2 Å². The number of carboxylic acid groups (broad SMARTS) is 1. The Morgan fingerprint density at radius 1 is 1.38 bits per heavy atom. The van der Waals surface area contributed by atoms with Crippen LogP contribution in [-0.2, 0) is 11.2 Å². The molecule has 1 aromatic rings. The Kier molecular flexibility index (Phi) is 5.33. The fourth-order valence-corrected chi connectivity index (χ4v) is 2.89. The van der Waals surface area contributed by atoms with Gasteiger partial charge in [-0.3, -0.25) is 9.69 Å². The largest absolute Gasteiger partial charge is 0.478 e. The molecule has 1 saturated heterocycles. The molecular formula is C16H22N2O3. The Labute approximate surface area is 125 Å². The van der Waals surface area contributed by atoms with Gasteiger partial charge in [0, 0.05) is 12.6 Å². The van der Waals surface area contributed by atoms with Gasteiger partial charge in [0.05, 0.1) is 12.0 Å². The molecule has 1 unspecified atom stereocenters. The third-order valence-corrected chi connectivity index (χ3v) is 4.04. The summed E-state index contributed by atoms with van der Waals surface area (Å²) in [5.41, 5.74) is 0.755. The van der Waals surface area contributed by atoms with Crippen LogP contribution in [0.5, 0.6) is 0 Å². The molecule has 1 aromatic carbocycles. The Morgan fingerprint density at radius 3 is 2.86 bits per heavy atom. The second-order valence-electron chi connectivity index (χ2n) is 5.37. The minimum absolute atomic E-state index is 0.112. The molecule has 1 atom stereocenters. The van der Waals surface area contributed by atoms with Crippen LogP contribution in [0.25, 0.3) is 0 Å². The van der Waals surface area contributed by atoms with E-state index in [0.29, 0.717) is 18.2 Å². The molecule has 0 bridgehead atoms. The quantitative estimate of drug-likeness (QED) is 0.833. The number of likely N-dealkylation sites (tertiary alicyclic amines) is 1. The van der Waals surface area contributed by atoms with Crippen molar-refractivity contribution >= 4 is 11.9 Å². The van der Waals surface area contributed by atoms with Gasteiger partial charge in [0.2, 0.25) is 5.91 Å². The van der Waals surface area contributed by atoms with Gasteiger partial charge in [-0.25, -0.2) is 4.79 Å². The minimum Gasteiger partial charge on any atom is -0.478 e. The Balaban J connectivity index is 1.89. The van der Waals surface area contributed by atoms with Gasteiger partial charge in [-0.1, -0.05) is 25.1 Å². The summed E-state index contributed by atoms with van der Waals surface area (Å²) in [5, 5.41) is 12.0. The number of amides is 1. The number of aromatic carboxylic acids is 1. The minimum atomic E-state index is -0.994. The van der Waals surface area contributed by atoms with E-state index in [1.807, 2.05) is 0 Å². The number of benzene rings is 1. The van der Waals surface area contributed by atoms with E-state index >= 15 is 0 Å². The molecule has 0 saturated carbocycles. The van der Waals surface area contributed by atoms with E-state index in [-0.39, 0.29) is 17.9 Å². The van der Waals surface area contributed by atoms with E-state index in [1.54, 1.807) is 18.2 Å². The van der Waals surface area contributed by atoms with E-state index in [1.165, 1.54) is 12.5 Å². The van der Waals surface area contributed by atoms with Crippen molar-refractivity contribution in [3.63, 3.8) is 0 Å². The Morgan fingerprint density at radius 2 is 2.14 bits per heavy atom. The van der Waals surface area contributed by atoms with Gasteiger partial charge in [-0.05, 0) is 37.6 Å². The smallest absolute Gasteiger partial charge is 0.335 e. The summed E-state index contributed by atoms with van der Waals surface area (Å²) < 4.78 is 0. The first kappa shape index (κ1) is 15.5. The highest BCUT2D eigenvalue weighted by Gasteiger charge is 2.23. The zero-order valence-corrected chi connectivity index (χ0v) is 12.3. The second-order valence-corrected chi connectivity index (χ2v) is 5.37. The van der Waals surface area contributed by atoms with Gasteiger partial charge in [0.1, 0.15) is 0 Å². The van der Waals surface area contributed by atoms with Gasteiger partial charge < -0.3 is 10.4 Å². The normalized spacial score (nSPS) is 18.6. The molecule has 114 valence electrons. The number of hydrogen-bond donors (Lipinski definition) is 2. The van der Waals surface area contributed by atoms with E-state index in [9.17, 15) is 9.59 Å². The number of carbonyl (C=O) groups is 2. The molecule has 5 nitrogen and oxygen atoms in total. The van der Waals surface area contributed by atoms with Crippen molar-refractivity contribution in [3.8, 4) is 0 Å². The molecule has 0 aromatic heterocycles. The first-order valence-electron chi connectivity index (χ1n) is 7.43. The van der Waals surface area contributed by atoms with Gasteiger partial charge >= 0.3 is 5.97 Å². The lowest BCUT2D eigenvalue weighted by Gasteiger charge is -2.22. The first-order valence-corrected chi connectivity index (χ1v) is 7.43. The summed E-state index contributed by atoms with van der Waals surface area (Å²) in [6.45, 7) is 4.87. The second kappa shape index (κ2) is 7.22. The van der Waals surface area contributed by atoms with Crippen LogP contribution >= 0.6 is 0 Å². The van der Waals surface area contributed by atoms with Crippen LogP contribution in [-0.4, -0.2) is 47.6 Å². The fourth-order valence-electron chi connectivity index (χ4n) is 2.89. The summed E-state index contributed by atoms with van der Waals surface area (Å²) >= 11 is 0. The molecule has 0 spiro atoms. The van der Waals surface area contributed by atoms with E-state index in [2.05, 4.69) is 17.1 Å². The third kappa shape index (κ3) is 4.04. The van der Waals surface area contributed by atoms with Crippen LogP contribution in [0.3, 0.4) is 0 Å². The SMILES string of the molecule is CCN1CCCC1CNC(=O)Cc1ccccc1C(=O)O. The zero-order chi connectivity index (χ0) is 15.2. The molecule has 2 N–H and O–H groups in total. The summed E-state index contributed by atoms with van der Waals surface area (Å²) in [5.74, 6) is -1.11. The van der Waals surface area contributed by atoms with E-state index in [0.717, 1.165) is 19.5 Å². The highest BCUT2D eigenvalue weighted by molar-refractivity contribution is 5.91. The molecule has 1 amide bonds. The maximum Gasteiger partial charge on any atom is 0.335 e. The van der Waals surface area contributed by atoms with E-state index in [4.69, 9.17) is 5.11 Å². The monoisotopic (exact) mass is 290 g/mol. The molecule has 1 heterocycles. The fraction of sp³-hybridized carbons (Fsp3) is 0.500. The average molecular weight is 290 g/mol. The zero-order valence-electron chi connectivity index (χ0n) is 12.3. The van der Waals surface area contributed by atoms with Crippen molar-refractivity contribution < 1.29 is 14.7 Å². The maximum atomic E-state index is 12.0. The van der Waals surface area contributed by atoms with Crippen LogP contribution in [0.15, 0.2) is 24.3 Å². The van der Waals surface area contributed by atoms with Crippen LogP contribution in [0.4, 0.5) is 0 Å². The third-order valence-electron chi connectivity index (χ3n) is 4.04. The lowest BCUT2D eigenvalue weighted by Crippen LogP contribution is -2.40. The summed E-state index contributed by atoms with van der Waals surface area (Å²) in [4.78, 5) is 25.5. The molecule has 1 fully saturated rings. The highest BCUT2D eigenvalue weighted by atomic mass is 16.4. The maximum absolute atomic E-state index is 12.0. The standard InChI is InChI=1S/C16H22N2O3/c1-2-18-9-5-7-13(18)11-17-15(19)10-12-6-3-4-8-14(12)16(20)21/h3-4,6,8,13H,2,5,7,9-11H2,1H3,(H,17,19)(H,20,21). The average Bonchev–Trinajstić information content (AvgIpc) is 2.93. The molecule has 5 heteroatoms. The number of nitrogens with one attached hydrogen (secondary N) is 1.